The SMILES string of the molecule is CC(=O)NCCC=Cc1ccc(O)c(N)c1. The summed E-state index contributed by atoms with van der Waals surface area (Å²) in [7, 11) is 0. The lowest BCUT2D eigenvalue weighted by Gasteiger charge is -2.00. The maximum Gasteiger partial charge on any atom is 0.216 e. The summed E-state index contributed by atoms with van der Waals surface area (Å²) >= 11 is 0. The monoisotopic (exact) mass is 220 g/mol. The summed E-state index contributed by atoms with van der Waals surface area (Å²) in [4.78, 5) is 10.6. The zero-order valence-electron chi connectivity index (χ0n) is 9.23. The molecule has 0 radical (unpaired) electrons. The first kappa shape index (κ1) is 12.1. The number of carbonyl (C=O) groups is 1. The summed E-state index contributed by atoms with van der Waals surface area (Å²) < 4.78 is 0. The van der Waals surface area contributed by atoms with Crippen LogP contribution in [0.15, 0.2) is 24.3 Å². The number of amides is 1. The normalized spacial score (nSPS) is 10.6. The van der Waals surface area contributed by atoms with Crippen LogP contribution < -0.4 is 11.1 Å². The molecular formula is C12H16N2O2. The molecule has 0 spiro atoms. The van der Waals surface area contributed by atoms with Gasteiger partial charge in [-0.15, -0.1) is 0 Å². The van der Waals surface area contributed by atoms with Crippen LogP contribution in [0, 0.1) is 0 Å². The van der Waals surface area contributed by atoms with Crippen LogP contribution in [0.25, 0.3) is 6.08 Å². The summed E-state index contributed by atoms with van der Waals surface area (Å²) in [6.45, 7) is 2.11. The number of nitrogens with two attached hydrogens (primary N) is 1. The average molecular weight is 220 g/mol. The standard InChI is InChI=1S/C12H16N2O2/c1-9(15)14-7-3-2-4-10-5-6-12(16)11(13)8-10/h2,4-6,8,16H,3,7,13H2,1H3,(H,14,15). The fourth-order valence-electron chi connectivity index (χ4n) is 1.23. The third-order valence-corrected chi connectivity index (χ3v) is 2.05. The van der Waals surface area contributed by atoms with E-state index in [0.29, 0.717) is 12.2 Å². The van der Waals surface area contributed by atoms with Gasteiger partial charge in [0.1, 0.15) is 5.75 Å². The highest BCUT2D eigenvalue weighted by atomic mass is 16.3. The van der Waals surface area contributed by atoms with Crippen molar-refractivity contribution in [3.05, 3.63) is 29.8 Å². The van der Waals surface area contributed by atoms with Crippen molar-refractivity contribution in [2.75, 3.05) is 12.3 Å². The van der Waals surface area contributed by atoms with Gasteiger partial charge in [0.25, 0.3) is 0 Å². The largest absolute Gasteiger partial charge is 0.506 e. The third-order valence-electron chi connectivity index (χ3n) is 2.05. The van der Waals surface area contributed by atoms with Gasteiger partial charge in [0.2, 0.25) is 5.91 Å². The Kier molecular flexibility index (Phi) is 4.39. The number of nitrogens with one attached hydrogen (secondary N) is 1. The first-order valence-electron chi connectivity index (χ1n) is 5.09. The Balaban J connectivity index is 2.44. The number of aromatic hydroxyl groups is 1. The van der Waals surface area contributed by atoms with Crippen LogP contribution in [-0.4, -0.2) is 17.6 Å². The van der Waals surface area contributed by atoms with Crippen LogP contribution in [0.2, 0.25) is 0 Å². The Morgan fingerprint density at radius 1 is 1.56 bits per heavy atom. The van der Waals surface area contributed by atoms with Gasteiger partial charge in [-0.05, 0) is 24.1 Å². The van der Waals surface area contributed by atoms with Gasteiger partial charge in [0.15, 0.2) is 0 Å². The van der Waals surface area contributed by atoms with Gasteiger partial charge in [-0.1, -0.05) is 18.2 Å². The molecule has 0 aliphatic carbocycles. The van der Waals surface area contributed by atoms with Gasteiger partial charge in [-0.2, -0.15) is 0 Å². The molecule has 1 aromatic rings. The van der Waals surface area contributed by atoms with Gasteiger partial charge in [0.05, 0.1) is 5.69 Å². The molecule has 0 saturated carbocycles. The second-order valence-electron chi connectivity index (χ2n) is 3.49. The number of benzene rings is 1. The predicted molar refractivity (Wildman–Crippen MR) is 64.9 cm³/mol. The molecule has 0 aliphatic heterocycles. The smallest absolute Gasteiger partial charge is 0.216 e. The molecule has 4 heteroatoms. The lowest BCUT2D eigenvalue weighted by molar-refractivity contribution is -0.118. The van der Waals surface area contributed by atoms with Crippen LogP contribution in [0.4, 0.5) is 5.69 Å². The quantitative estimate of drug-likeness (QED) is 0.409. The lowest BCUT2D eigenvalue weighted by atomic mass is 10.1. The number of carbonyl (C=O) groups excluding carboxylic acids is 1. The zero-order chi connectivity index (χ0) is 12.0. The maximum atomic E-state index is 10.6. The molecular weight excluding hydrogens is 204 g/mol. The Hall–Kier alpha value is -1.97. The minimum absolute atomic E-state index is 0.0257. The Labute approximate surface area is 94.8 Å². The van der Waals surface area contributed by atoms with E-state index in [0.717, 1.165) is 12.0 Å². The van der Waals surface area contributed by atoms with Gasteiger partial charge >= 0.3 is 0 Å². The van der Waals surface area contributed by atoms with Crippen molar-refractivity contribution < 1.29 is 9.90 Å². The van der Waals surface area contributed by atoms with Crippen molar-refractivity contribution in [1.29, 1.82) is 0 Å². The number of hydrogen-bond donors (Lipinski definition) is 3. The molecule has 16 heavy (non-hydrogen) atoms. The van der Waals surface area contributed by atoms with Crippen LogP contribution >= 0.6 is 0 Å². The van der Waals surface area contributed by atoms with Crippen LogP contribution in [-0.2, 0) is 4.79 Å². The van der Waals surface area contributed by atoms with Crippen LogP contribution in [0.3, 0.4) is 0 Å². The van der Waals surface area contributed by atoms with Crippen molar-refractivity contribution >= 4 is 17.7 Å². The van der Waals surface area contributed by atoms with E-state index in [1.54, 1.807) is 18.2 Å². The minimum Gasteiger partial charge on any atom is -0.506 e. The zero-order valence-corrected chi connectivity index (χ0v) is 9.23. The first-order valence-corrected chi connectivity index (χ1v) is 5.09. The molecule has 4 N–H and O–H groups in total. The first-order chi connectivity index (χ1) is 7.59. The fraction of sp³-hybridized carbons (Fsp3) is 0.250. The van der Waals surface area contributed by atoms with Crippen molar-refractivity contribution in [2.24, 2.45) is 0 Å². The highest BCUT2D eigenvalue weighted by Gasteiger charge is 1.95. The van der Waals surface area contributed by atoms with E-state index < -0.39 is 0 Å². The maximum absolute atomic E-state index is 10.6. The van der Waals surface area contributed by atoms with Crippen LogP contribution in [0.1, 0.15) is 18.9 Å². The van der Waals surface area contributed by atoms with E-state index in [4.69, 9.17) is 5.73 Å². The topological polar surface area (TPSA) is 75.3 Å². The molecule has 86 valence electrons. The van der Waals surface area contributed by atoms with Crippen molar-refractivity contribution in [3.63, 3.8) is 0 Å². The van der Waals surface area contributed by atoms with E-state index in [1.165, 1.54) is 6.92 Å². The molecule has 0 fully saturated rings. The number of hydrogen-bond acceptors (Lipinski definition) is 3. The molecule has 0 unspecified atom stereocenters. The number of phenols is 1. The van der Waals surface area contributed by atoms with E-state index in [-0.39, 0.29) is 11.7 Å². The Bertz CT molecular complexity index is 400. The molecule has 0 bridgehead atoms. The molecule has 0 saturated heterocycles. The number of anilines is 1. The predicted octanol–water partition coefficient (Wildman–Crippen LogP) is 1.51. The minimum atomic E-state index is -0.0257. The molecule has 1 amide bonds. The second-order valence-corrected chi connectivity index (χ2v) is 3.49. The van der Waals surface area contributed by atoms with E-state index in [1.807, 2.05) is 12.2 Å². The average Bonchev–Trinajstić information content (AvgIpc) is 2.22. The van der Waals surface area contributed by atoms with E-state index in [9.17, 15) is 9.90 Å². The highest BCUT2D eigenvalue weighted by Crippen LogP contribution is 2.20. The van der Waals surface area contributed by atoms with Gasteiger partial charge in [0, 0.05) is 13.5 Å². The molecule has 0 atom stereocenters. The Morgan fingerprint density at radius 3 is 2.94 bits per heavy atom. The fourth-order valence-corrected chi connectivity index (χ4v) is 1.23. The summed E-state index contributed by atoms with van der Waals surface area (Å²) in [5.74, 6) is 0.0673. The van der Waals surface area contributed by atoms with Crippen molar-refractivity contribution in [2.45, 2.75) is 13.3 Å². The Morgan fingerprint density at radius 2 is 2.31 bits per heavy atom. The summed E-state index contributed by atoms with van der Waals surface area (Å²) in [5, 5.41) is 11.9. The summed E-state index contributed by atoms with van der Waals surface area (Å²) in [6, 6.07) is 5.04. The van der Waals surface area contributed by atoms with E-state index >= 15 is 0 Å². The van der Waals surface area contributed by atoms with Crippen molar-refractivity contribution in [1.82, 2.24) is 5.32 Å². The number of phenolic OH excluding ortho intramolecular Hbond substituents is 1. The summed E-state index contributed by atoms with van der Waals surface area (Å²) in [5.41, 5.74) is 6.84. The molecule has 0 aliphatic rings. The second kappa shape index (κ2) is 5.80. The number of nitrogen functional groups attached to an aromatic ring is 1. The number of rotatable bonds is 4. The molecule has 0 heterocycles. The summed E-state index contributed by atoms with van der Waals surface area (Å²) in [6.07, 6.45) is 4.61. The molecule has 1 rings (SSSR count). The van der Waals surface area contributed by atoms with Gasteiger partial charge in [-0.25, -0.2) is 0 Å². The molecule has 1 aromatic carbocycles. The van der Waals surface area contributed by atoms with Crippen molar-refractivity contribution in [3.8, 4) is 5.75 Å². The molecule has 0 aromatic heterocycles. The van der Waals surface area contributed by atoms with Gasteiger partial charge in [-0.3, -0.25) is 4.79 Å². The highest BCUT2D eigenvalue weighted by molar-refractivity contribution is 5.72. The van der Waals surface area contributed by atoms with Gasteiger partial charge < -0.3 is 16.2 Å². The lowest BCUT2D eigenvalue weighted by Crippen LogP contribution is -2.20. The van der Waals surface area contributed by atoms with Crippen LogP contribution in [0.5, 0.6) is 5.75 Å². The van der Waals surface area contributed by atoms with E-state index in [2.05, 4.69) is 5.32 Å². The third kappa shape index (κ3) is 4.04. The molecule has 4 nitrogen and oxygen atoms in total.